The van der Waals surface area contributed by atoms with Crippen LogP contribution in [0.4, 0.5) is 0 Å². The molecule has 0 bridgehead atoms. The summed E-state index contributed by atoms with van der Waals surface area (Å²) < 4.78 is 18.4. The van der Waals surface area contributed by atoms with Crippen molar-refractivity contribution in [2.24, 2.45) is 23.2 Å². The molecule has 0 radical (unpaired) electrons. The van der Waals surface area contributed by atoms with E-state index in [4.69, 9.17) is 14.2 Å². The summed E-state index contributed by atoms with van der Waals surface area (Å²) in [7, 11) is 0. The average molecular weight is 512 g/mol. The molecular weight excluding hydrogens is 466 g/mol. The zero-order valence-electron chi connectivity index (χ0n) is 23.0. The van der Waals surface area contributed by atoms with E-state index in [2.05, 4.69) is 37.8 Å². The molecule has 6 nitrogen and oxygen atoms in total. The second kappa shape index (κ2) is 10.8. The summed E-state index contributed by atoms with van der Waals surface area (Å²) in [4.78, 5) is 29.7. The molecule has 1 aliphatic carbocycles. The molecule has 0 N–H and O–H groups in total. The Bertz CT molecular complexity index is 958. The minimum atomic E-state index is -0.537. The summed E-state index contributed by atoms with van der Waals surface area (Å²) in [6.07, 6.45) is 7.33. The Hall–Kier alpha value is -1.76. The molecule has 1 amide bonds. The van der Waals surface area contributed by atoms with Crippen molar-refractivity contribution in [1.29, 1.82) is 0 Å². The van der Waals surface area contributed by atoms with Crippen LogP contribution < -0.4 is 0 Å². The highest BCUT2D eigenvalue weighted by Gasteiger charge is 2.71. The van der Waals surface area contributed by atoms with Crippen LogP contribution in [0.3, 0.4) is 0 Å². The fraction of sp³-hybridized carbons (Fsp3) is 0.742. The van der Waals surface area contributed by atoms with E-state index in [9.17, 15) is 9.59 Å². The number of carbonyl (C=O) groups is 2. The fourth-order valence-electron chi connectivity index (χ4n) is 8.30. The molecule has 4 fully saturated rings. The topological polar surface area (TPSA) is 65.1 Å². The minimum Gasteiger partial charge on any atom is -0.377 e. The van der Waals surface area contributed by atoms with Gasteiger partial charge in [0.1, 0.15) is 5.78 Å². The lowest BCUT2D eigenvalue weighted by molar-refractivity contribution is -0.212. The molecule has 1 aromatic rings. The van der Waals surface area contributed by atoms with Crippen LogP contribution in [0.2, 0.25) is 0 Å². The molecule has 1 saturated carbocycles. The lowest BCUT2D eigenvalue weighted by atomic mass is 9.60. The van der Waals surface area contributed by atoms with Gasteiger partial charge < -0.3 is 19.1 Å². The van der Waals surface area contributed by atoms with Crippen LogP contribution in [-0.2, 0) is 30.4 Å². The number of nitrogens with zero attached hydrogens (tertiary/aromatic N) is 1. The lowest BCUT2D eigenvalue weighted by Crippen LogP contribution is -2.58. The first kappa shape index (κ1) is 26.8. The molecule has 37 heavy (non-hydrogen) atoms. The van der Waals surface area contributed by atoms with Gasteiger partial charge in [0, 0.05) is 38.8 Å². The first-order valence-corrected chi connectivity index (χ1v) is 14.5. The molecule has 4 atom stereocenters. The van der Waals surface area contributed by atoms with Crippen LogP contribution in [0, 0.1) is 23.2 Å². The van der Waals surface area contributed by atoms with Gasteiger partial charge in [-0.25, -0.2) is 0 Å². The third-order valence-corrected chi connectivity index (χ3v) is 9.70. The van der Waals surface area contributed by atoms with E-state index in [1.165, 1.54) is 0 Å². The molecule has 3 saturated heterocycles. The van der Waals surface area contributed by atoms with Crippen LogP contribution in [-0.4, -0.2) is 54.3 Å². The van der Waals surface area contributed by atoms with Crippen molar-refractivity contribution in [3.05, 3.63) is 35.9 Å². The summed E-state index contributed by atoms with van der Waals surface area (Å²) in [6.45, 7) is 9.52. The maximum Gasteiger partial charge on any atom is 0.229 e. The number of hydrogen-bond acceptors (Lipinski definition) is 5. The van der Waals surface area contributed by atoms with Gasteiger partial charge in [-0.15, -0.1) is 0 Å². The third-order valence-electron chi connectivity index (χ3n) is 9.70. The average Bonchev–Trinajstić information content (AvgIpc) is 3.53. The smallest absolute Gasteiger partial charge is 0.229 e. The molecule has 4 aliphatic rings. The summed E-state index contributed by atoms with van der Waals surface area (Å²) in [5, 5.41) is 0. The molecule has 204 valence electrons. The highest BCUT2D eigenvalue weighted by atomic mass is 16.7. The predicted octanol–water partition coefficient (Wildman–Crippen LogP) is 5.53. The zero-order valence-corrected chi connectivity index (χ0v) is 23.0. The molecule has 6 heteroatoms. The SMILES string of the molecule is CC(C)CC(=O)CC(C)C1(CCCOCc2ccccc2)C(=O)N2CCC3(CC24CCCC14)OCCO3. The second-order valence-electron chi connectivity index (χ2n) is 12.5. The minimum absolute atomic E-state index is 0.00677. The van der Waals surface area contributed by atoms with Crippen molar-refractivity contribution in [2.45, 2.75) is 96.5 Å². The summed E-state index contributed by atoms with van der Waals surface area (Å²) >= 11 is 0. The first-order chi connectivity index (χ1) is 17.8. The number of ether oxygens (including phenoxy) is 3. The van der Waals surface area contributed by atoms with E-state index >= 15 is 0 Å². The summed E-state index contributed by atoms with van der Waals surface area (Å²) in [5.74, 6) is 0.594. The Labute approximate surface area is 222 Å². The number of ketones is 1. The number of carbonyl (C=O) groups excluding carboxylic acids is 2. The number of rotatable bonds is 11. The summed E-state index contributed by atoms with van der Waals surface area (Å²) in [6, 6.07) is 10.2. The van der Waals surface area contributed by atoms with Crippen molar-refractivity contribution < 1.29 is 23.8 Å². The van der Waals surface area contributed by atoms with Gasteiger partial charge in [0.2, 0.25) is 5.91 Å². The Kier molecular flexibility index (Phi) is 7.82. The lowest BCUT2D eigenvalue weighted by Gasteiger charge is -2.49. The van der Waals surface area contributed by atoms with E-state index in [-0.39, 0.29) is 29.1 Å². The monoisotopic (exact) mass is 511 g/mol. The highest BCUT2D eigenvalue weighted by Crippen LogP contribution is 2.65. The Morgan fingerprint density at radius 2 is 1.86 bits per heavy atom. The zero-order chi connectivity index (χ0) is 26.1. The Morgan fingerprint density at radius 3 is 2.59 bits per heavy atom. The van der Waals surface area contributed by atoms with Crippen LogP contribution in [0.5, 0.6) is 0 Å². The van der Waals surface area contributed by atoms with E-state index in [1.54, 1.807) is 0 Å². The third kappa shape index (κ3) is 4.90. The van der Waals surface area contributed by atoms with Crippen molar-refractivity contribution >= 4 is 11.7 Å². The molecular formula is C31H45NO5. The van der Waals surface area contributed by atoms with Crippen molar-refractivity contribution in [3.63, 3.8) is 0 Å². The number of benzene rings is 1. The van der Waals surface area contributed by atoms with Crippen LogP contribution in [0.25, 0.3) is 0 Å². The molecule has 3 aliphatic heterocycles. The quantitative estimate of drug-likeness (QED) is 0.366. The van der Waals surface area contributed by atoms with Crippen LogP contribution >= 0.6 is 0 Å². The van der Waals surface area contributed by atoms with Gasteiger partial charge >= 0.3 is 0 Å². The number of piperidine rings is 1. The van der Waals surface area contributed by atoms with E-state index in [1.807, 2.05) is 18.2 Å². The van der Waals surface area contributed by atoms with E-state index in [0.717, 1.165) is 50.5 Å². The van der Waals surface area contributed by atoms with E-state index in [0.29, 0.717) is 51.7 Å². The van der Waals surface area contributed by atoms with Gasteiger partial charge in [-0.1, -0.05) is 57.5 Å². The summed E-state index contributed by atoms with van der Waals surface area (Å²) in [5.41, 5.74) is 0.430. The molecule has 0 aromatic heterocycles. The normalized spacial score (nSPS) is 31.2. The maximum atomic E-state index is 14.5. The number of amides is 1. The molecule has 4 unspecified atom stereocenters. The predicted molar refractivity (Wildman–Crippen MR) is 142 cm³/mol. The largest absolute Gasteiger partial charge is 0.377 e. The maximum absolute atomic E-state index is 14.5. The van der Waals surface area contributed by atoms with Gasteiger partial charge in [0.05, 0.1) is 30.8 Å². The van der Waals surface area contributed by atoms with Gasteiger partial charge in [0.15, 0.2) is 5.79 Å². The number of hydrogen-bond donors (Lipinski definition) is 0. The van der Waals surface area contributed by atoms with Crippen molar-refractivity contribution in [3.8, 4) is 0 Å². The second-order valence-corrected chi connectivity index (χ2v) is 12.5. The fourth-order valence-corrected chi connectivity index (χ4v) is 8.30. The standard InChI is InChI=1S/C31H45NO5/c1-23(2)19-26(33)20-24(3)31(13-8-16-35-21-25-9-5-4-6-10-25)27-11-7-12-29(27)22-30(36-17-18-37-30)14-15-32(29)28(31)34/h4-6,9-10,23-24,27H,7-8,11-22H2,1-3H3. The Balaban J connectivity index is 1.37. The molecule has 2 spiro atoms. The van der Waals surface area contributed by atoms with Gasteiger partial charge in [-0.05, 0) is 49.0 Å². The first-order valence-electron chi connectivity index (χ1n) is 14.5. The van der Waals surface area contributed by atoms with Crippen LogP contribution in [0.15, 0.2) is 30.3 Å². The molecule has 3 heterocycles. The van der Waals surface area contributed by atoms with Crippen LogP contribution in [0.1, 0.15) is 84.1 Å². The van der Waals surface area contributed by atoms with Gasteiger partial charge in [0.25, 0.3) is 0 Å². The van der Waals surface area contributed by atoms with Gasteiger partial charge in [-0.3, -0.25) is 9.59 Å². The van der Waals surface area contributed by atoms with Gasteiger partial charge in [-0.2, -0.15) is 0 Å². The highest BCUT2D eigenvalue weighted by molar-refractivity contribution is 5.89. The van der Waals surface area contributed by atoms with Crippen molar-refractivity contribution in [2.75, 3.05) is 26.4 Å². The van der Waals surface area contributed by atoms with Crippen molar-refractivity contribution in [1.82, 2.24) is 4.90 Å². The molecule has 1 aromatic carbocycles. The Morgan fingerprint density at radius 1 is 1.11 bits per heavy atom. The molecule has 5 rings (SSSR count). The van der Waals surface area contributed by atoms with E-state index < -0.39 is 11.2 Å². The number of Topliss-reactive ketones (excluding diaryl/α,β-unsaturated/α-hetero) is 1.